The average molecular weight is 587 g/mol. The summed E-state index contributed by atoms with van der Waals surface area (Å²) in [7, 11) is 0.141. The summed E-state index contributed by atoms with van der Waals surface area (Å²) < 4.78 is 0. The smallest absolute Gasteiger partial charge is 0.0621 e. The van der Waals surface area contributed by atoms with Gasteiger partial charge in [-0.25, -0.2) is 0 Å². The Kier molecular flexibility index (Phi) is 17.5. The van der Waals surface area contributed by atoms with E-state index in [0.717, 1.165) is 32.4 Å². The van der Waals surface area contributed by atoms with Gasteiger partial charge in [-0.05, 0) is 63.3 Å². The van der Waals surface area contributed by atoms with Crippen LogP contribution in [0, 0.1) is 6.07 Å². The van der Waals surface area contributed by atoms with E-state index in [1.54, 1.807) is 17.9 Å². The molecule has 0 saturated carbocycles. The molecule has 1 radical (unpaired) electrons. The summed E-state index contributed by atoms with van der Waals surface area (Å²) in [5.41, 5.74) is 3.72. The van der Waals surface area contributed by atoms with Gasteiger partial charge >= 0.3 is 0 Å². The van der Waals surface area contributed by atoms with Gasteiger partial charge in [0, 0.05) is 49.2 Å². The van der Waals surface area contributed by atoms with Crippen molar-refractivity contribution in [3.05, 3.63) is 54.6 Å². The first kappa shape index (κ1) is 31.7. The Labute approximate surface area is 219 Å². The molecule has 177 valence electrons. The largest absolute Gasteiger partial charge is 0.142 e. The Balaban J connectivity index is 0.000000565. The fraction of sp³-hybridized carbons (Fsp3) is 0.538. The molecule has 0 nitrogen and oxygen atoms in total. The maximum Gasteiger partial charge on any atom is 0.0621 e. The topological polar surface area (TPSA) is 0 Å². The second-order valence-electron chi connectivity index (χ2n) is 8.86. The number of benzene rings is 2. The Morgan fingerprint density at radius 1 is 0.871 bits per heavy atom. The van der Waals surface area contributed by atoms with Gasteiger partial charge in [-0.2, -0.15) is 0 Å². The summed E-state index contributed by atoms with van der Waals surface area (Å²) in [6, 6.07) is 19.2. The van der Waals surface area contributed by atoms with Crippen molar-refractivity contribution in [1.29, 1.82) is 0 Å². The molecule has 0 saturated heterocycles. The van der Waals surface area contributed by atoms with Crippen molar-refractivity contribution >= 4 is 40.2 Å². The van der Waals surface area contributed by atoms with Crippen molar-refractivity contribution in [2.45, 2.75) is 92.7 Å². The molecule has 0 aromatic heterocycles. The molecule has 2 aromatic carbocycles. The summed E-state index contributed by atoms with van der Waals surface area (Å²) in [4.78, 5) is 3.29. The first-order chi connectivity index (χ1) is 14.1. The third-order valence-corrected chi connectivity index (χ3v) is 14.4. The van der Waals surface area contributed by atoms with Crippen LogP contribution in [0.3, 0.4) is 0 Å². The molecule has 0 atom stereocenters. The average Bonchev–Trinajstić information content (AvgIpc) is 2.67. The summed E-state index contributed by atoms with van der Waals surface area (Å²) in [5.74, 6) is 0. The quantitative estimate of drug-likeness (QED) is 0.174. The zero-order chi connectivity index (χ0) is 22.7. The zero-order valence-corrected chi connectivity index (χ0v) is 25.6. The Hall–Kier alpha value is 0.662. The predicted molar refractivity (Wildman–Crippen MR) is 149 cm³/mol. The standard InChI is InChI=1S/C14H32P2.C12H9S2.Pd/c1-11(2)15(12(3)4)9-10-16(13(5)6)14(7)8;13-11-8-4-5-9-12(11)14-10-6-2-1-3-7-10;/h11-14H,9-10H2,1-8H3;1-6,8-9,13H;/p+1. The summed E-state index contributed by atoms with van der Waals surface area (Å²) >= 11 is 6.08. The fourth-order valence-electron chi connectivity index (χ4n) is 3.72. The molecule has 0 fully saturated rings. The molecule has 0 bridgehead atoms. The molecule has 0 aliphatic heterocycles. The van der Waals surface area contributed by atoms with Gasteiger partial charge in [0.2, 0.25) is 0 Å². The maximum absolute atomic E-state index is 4.39. The second kappa shape index (κ2) is 17.1. The van der Waals surface area contributed by atoms with E-state index in [0.29, 0.717) is 0 Å². The molecule has 31 heavy (non-hydrogen) atoms. The van der Waals surface area contributed by atoms with E-state index in [2.05, 4.69) is 80.2 Å². The van der Waals surface area contributed by atoms with Crippen LogP contribution in [0.5, 0.6) is 0 Å². The van der Waals surface area contributed by atoms with Crippen molar-refractivity contribution in [2.24, 2.45) is 0 Å². The molecule has 0 aliphatic carbocycles. The number of thiol groups is 1. The molecule has 0 amide bonds. The fourth-order valence-corrected chi connectivity index (χ4v) is 11.6. The third kappa shape index (κ3) is 12.6. The Morgan fingerprint density at radius 2 is 1.42 bits per heavy atom. The maximum atomic E-state index is 4.39. The van der Waals surface area contributed by atoms with E-state index in [1.807, 2.05) is 42.5 Å². The monoisotopic (exact) mass is 586 g/mol. The molecule has 5 heteroatoms. The van der Waals surface area contributed by atoms with Gasteiger partial charge in [0.05, 0.1) is 17.5 Å². The van der Waals surface area contributed by atoms with E-state index in [1.165, 1.54) is 11.1 Å². The Bertz CT molecular complexity index is 670. The van der Waals surface area contributed by atoms with Crippen molar-refractivity contribution < 1.29 is 20.4 Å². The molecule has 0 heterocycles. The van der Waals surface area contributed by atoms with Crippen LogP contribution < -0.4 is 0 Å². The van der Waals surface area contributed by atoms with Crippen molar-refractivity contribution in [1.82, 2.24) is 0 Å². The van der Waals surface area contributed by atoms with Crippen molar-refractivity contribution in [2.75, 3.05) is 12.3 Å². The van der Waals surface area contributed by atoms with E-state index in [-0.39, 0.29) is 36.3 Å². The van der Waals surface area contributed by atoms with Crippen LogP contribution in [0.1, 0.15) is 55.4 Å². The van der Waals surface area contributed by atoms with Crippen molar-refractivity contribution in [3.8, 4) is 0 Å². The van der Waals surface area contributed by atoms with Crippen LogP contribution in [-0.4, -0.2) is 35.0 Å². The molecule has 0 spiro atoms. The van der Waals surface area contributed by atoms with Gasteiger partial charge in [-0.3, -0.25) is 0 Å². The second-order valence-corrected chi connectivity index (χ2v) is 17.9. The minimum atomic E-state index is -0.124. The third-order valence-electron chi connectivity index (χ3n) is 5.23. The minimum absolute atomic E-state index is 0. The molecule has 2 rings (SSSR count). The van der Waals surface area contributed by atoms with Gasteiger partial charge in [0.1, 0.15) is 0 Å². The number of rotatable bonds is 9. The van der Waals surface area contributed by atoms with Crippen LogP contribution >= 0.6 is 40.2 Å². The van der Waals surface area contributed by atoms with E-state index in [4.69, 9.17) is 0 Å². The molecule has 0 N–H and O–H groups in total. The van der Waals surface area contributed by atoms with Crippen LogP contribution in [0.2, 0.25) is 0 Å². The van der Waals surface area contributed by atoms with E-state index in [9.17, 15) is 0 Å². The minimum Gasteiger partial charge on any atom is -0.142 e. The SMILES string of the molecule is CC(C)P(CC[PH+](C(C)C)C(C)C)C(C)C.Sc1ccccc1Sc1[c]cccc1.[Pd]. The Morgan fingerprint density at radius 3 is 1.87 bits per heavy atom. The number of hydrogen-bond donors (Lipinski definition) is 1. The zero-order valence-electron chi connectivity index (χ0n) is 20.5. The van der Waals surface area contributed by atoms with E-state index >= 15 is 0 Å². The normalized spacial score (nSPS) is 11.3. The van der Waals surface area contributed by atoms with Gasteiger partial charge < -0.3 is 0 Å². The van der Waals surface area contributed by atoms with Crippen LogP contribution in [0.4, 0.5) is 0 Å². The van der Waals surface area contributed by atoms with Gasteiger partial charge in [0.25, 0.3) is 0 Å². The van der Waals surface area contributed by atoms with Gasteiger partial charge in [0.15, 0.2) is 0 Å². The van der Waals surface area contributed by atoms with E-state index < -0.39 is 0 Å². The first-order valence-corrected chi connectivity index (χ1v) is 16.0. The van der Waals surface area contributed by atoms with Gasteiger partial charge in [-0.15, -0.1) is 12.6 Å². The van der Waals surface area contributed by atoms with Crippen LogP contribution in [0.25, 0.3) is 0 Å². The molecule has 0 unspecified atom stereocenters. The summed E-state index contributed by atoms with van der Waals surface area (Å²) in [5, 5.41) is 0. The van der Waals surface area contributed by atoms with Crippen molar-refractivity contribution in [3.63, 3.8) is 0 Å². The molecular weight excluding hydrogens is 545 g/mol. The summed E-state index contributed by atoms with van der Waals surface area (Å²) in [6.07, 6.45) is 3.07. The van der Waals surface area contributed by atoms with Crippen LogP contribution in [-0.2, 0) is 20.4 Å². The van der Waals surface area contributed by atoms with Crippen LogP contribution in [0.15, 0.2) is 63.2 Å². The van der Waals surface area contributed by atoms with Gasteiger partial charge in [-0.1, -0.05) is 77.7 Å². The first-order valence-electron chi connectivity index (χ1n) is 11.2. The number of hydrogen-bond acceptors (Lipinski definition) is 2. The molecule has 0 aliphatic rings. The molecular formula is C26H42P2PdS2+. The molecule has 2 aromatic rings. The predicted octanol–water partition coefficient (Wildman–Crippen LogP) is 9.24. The summed E-state index contributed by atoms with van der Waals surface area (Å²) in [6.45, 7) is 19.4.